The number of aryl methyl sites for hydroxylation is 1. The van der Waals surface area contributed by atoms with Gasteiger partial charge < -0.3 is 9.67 Å². The molecule has 1 N–H and O–H groups in total. The third kappa shape index (κ3) is 4.35. The molecule has 0 fully saturated rings. The SMILES string of the molecule is CCc1cn(C(CCC(C)C)C(=O)O)c(=O)cc1C(F)(F)F. The highest BCUT2D eigenvalue weighted by atomic mass is 19.4. The van der Waals surface area contributed by atoms with Crippen molar-refractivity contribution in [2.24, 2.45) is 5.92 Å². The Morgan fingerprint density at radius 1 is 1.32 bits per heavy atom. The monoisotopic (exact) mass is 319 g/mol. The highest BCUT2D eigenvalue weighted by Gasteiger charge is 2.34. The molecule has 0 aliphatic rings. The minimum atomic E-state index is -4.62. The van der Waals surface area contributed by atoms with Gasteiger partial charge in [0.15, 0.2) is 0 Å². The number of hydrogen-bond acceptors (Lipinski definition) is 2. The Labute approximate surface area is 126 Å². The van der Waals surface area contributed by atoms with Gasteiger partial charge in [0, 0.05) is 12.3 Å². The zero-order chi connectivity index (χ0) is 17.1. The van der Waals surface area contributed by atoms with Crippen molar-refractivity contribution in [3.05, 3.63) is 33.7 Å². The molecular formula is C15H20F3NO3. The predicted octanol–water partition coefficient (Wildman–Crippen LogP) is 3.49. The summed E-state index contributed by atoms with van der Waals surface area (Å²) >= 11 is 0. The second-order valence-electron chi connectivity index (χ2n) is 5.63. The number of carbonyl (C=O) groups is 1. The first kappa shape index (κ1) is 18.3. The molecule has 7 heteroatoms. The van der Waals surface area contributed by atoms with Gasteiger partial charge in [-0.25, -0.2) is 4.79 Å². The van der Waals surface area contributed by atoms with E-state index in [2.05, 4.69) is 0 Å². The Hall–Kier alpha value is -1.79. The lowest BCUT2D eigenvalue weighted by molar-refractivity contribution is -0.141. The quantitative estimate of drug-likeness (QED) is 0.873. The minimum Gasteiger partial charge on any atom is -0.480 e. The van der Waals surface area contributed by atoms with Crippen LogP contribution in [-0.2, 0) is 17.4 Å². The normalized spacial score (nSPS) is 13.4. The molecule has 0 saturated carbocycles. The number of halogens is 3. The van der Waals surface area contributed by atoms with Crippen molar-refractivity contribution >= 4 is 5.97 Å². The van der Waals surface area contributed by atoms with E-state index in [9.17, 15) is 27.9 Å². The summed E-state index contributed by atoms with van der Waals surface area (Å²) in [6, 6.07) is -0.660. The molecule has 124 valence electrons. The lowest BCUT2D eigenvalue weighted by Crippen LogP contribution is -2.31. The van der Waals surface area contributed by atoms with Crippen molar-refractivity contribution in [2.75, 3.05) is 0 Å². The summed E-state index contributed by atoms with van der Waals surface area (Å²) in [7, 11) is 0. The molecular weight excluding hydrogens is 299 g/mol. The van der Waals surface area contributed by atoms with Gasteiger partial charge in [0.2, 0.25) is 0 Å². The van der Waals surface area contributed by atoms with Crippen LogP contribution < -0.4 is 5.56 Å². The van der Waals surface area contributed by atoms with Crippen LogP contribution in [0.5, 0.6) is 0 Å². The molecule has 1 atom stereocenters. The van der Waals surface area contributed by atoms with Gasteiger partial charge in [-0.15, -0.1) is 0 Å². The van der Waals surface area contributed by atoms with Gasteiger partial charge in [-0.2, -0.15) is 13.2 Å². The third-order valence-electron chi connectivity index (χ3n) is 3.49. The Balaban J connectivity index is 3.34. The zero-order valence-corrected chi connectivity index (χ0v) is 12.8. The van der Waals surface area contributed by atoms with Crippen LogP contribution in [0.4, 0.5) is 13.2 Å². The zero-order valence-electron chi connectivity index (χ0n) is 12.8. The van der Waals surface area contributed by atoms with Crippen LogP contribution in [0.3, 0.4) is 0 Å². The molecule has 1 aromatic heterocycles. The third-order valence-corrected chi connectivity index (χ3v) is 3.49. The molecule has 0 saturated heterocycles. The molecule has 1 aromatic rings. The number of alkyl halides is 3. The van der Waals surface area contributed by atoms with E-state index in [-0.39, 0.29) is 24.3 Å². The fraction of sp³-hybridized carbons (Fsp3) is 0.600. The Morgan fingerprint density at radius 2 is 1.91 bits per heavy atom. The standard InChI is InChI=1S/C15H20F3NO3/c1-4-10-8-19(12(14(21)22)6-5-9(2)3)13(20)7-11(10)15(16,17)18/h7-9,12H,4-6H2,1-3H3,(H,21,22). The highest BCUT2D eigenvalue weighted by Crippen LogP contribution is 2.31. The van der Waals surface area contributed by atoms with E-state index in [0.29, 0.717) is 12.5 Å². The molecule has 0 aliphatic carbocycles. The van der Waals surface area contributed by atoms with E-state index in [4.69, 9.17) is 0 Å². The first-order valence-corrected chi connectivity index (χ1v) is 7.13. The summed E-state index contributed by atoms with van der Waals surface area (Å²) in [4.78, 5) is 23.3. The van der Waals surface area contributed by atoms with Crippen molar-refractivity contribution < 1.29 is 23.1 Å². The van der Waals surface area contributed by atoms with Crippen molar-refractivity contribution in [1.29, 1.82) is 0 Å². The fourth-order valence-corrected chi connectivity index (χ4v) is 2.25. The molecule has 22 heavy (non-hydrogen) atoms. The molecule has 0 radical (unpaired) electrons. The molecule has 0 spiro atoms. The van der Waals surface area contributed by atoms with Crippen molar-refractivity contribution in [1.82, 2.24) is 4.57 Å². The van der Waals surface area contributed by atoms with Crippen LogP contribution in [0.15, 0.2) is 17.1 Å². The van der Waals surface area contributed by atoms with Crippen LogP contribution in [-0.4, -0.2) is 15.6 Å². The summed E-state index contributed by atoms with van der Waals surface area (Å²) < 4.78 is 39.6. The van der Waals surface area contributed by atoms with Gasteiger partial charge in [0.25, 0.3) is 5.56 Å². The van der Waals surface area contributed by atoms with Crippen LogP contribution in [0.25, 0.3) is 0 Å². The summed E-state index contributed by atoms with van der Waals surface area (Å²) in [5.41, 5.74) is -2.02. The Kier molecular flexibility index (Phi) is 5.79. The number of aromatic nitrogens is 1. The van der Waals surface area contributed by atoms with E-state index in [1.165, 1.54) is 6.92 Å². The van der Waals surface area contributed by atoms with Gasteiger partial charge in [0.1, 0.15) is 6.04 Å². The molecule has 0 aliphatic heterocycles. The second-order valence-corrected chi connectivity index (χ2v) is 5.63. The van der Waals surface area contributed by atoms with Crippen molar-refractivity contribution in [3.8, 4) is 0 Å². The lowest BCUT2D eigenvalue weighted by atomic mass is 10.0. The number of rotatable bonds is 6. The van der Waals surface area contributed by atoms with Gasteiger partial charge >= 0.3 is 12.1 Å². The fourth-order valence-electron chi connectivity index (χ4n) is 2.25. The average Bonchev–Trinajstić information content (AvgIpc) is 2.38. The summed E-state index contributed by atoms with van der Waals surface area (Å²) in [6.45, 7) is 5.35. The minimum absolute atomic E-state index is 0.0612. The molecule has 1 rings (SSSR count). The predicted molar refractivity (Wildman–Crippen MR) is 75.8 cm³/mol. The number of aliphatic carboxylic acids is 1. The summed E-state index contributed by atoms with van der Waals surface area (Å²) in [5.74, 6) is -0.984. The number of carboxylic acids is 1. The van der Waals surface area contributed by atoms with Crippen LogP contribution in [0.2, 0.25) is 0 Å². The molecule has 0 bridgehead atoms. The molecule has 4 nitrogen and oxygen atoms in total. The summed E-state index contributed by atoms with van der Waals surface area (Å²) in [5, 5.41) is 9.27. The van der Waals surface area contributed by atoms with Crippen molar-refractivity contribution in [3.63, 3.8) is 0 Å². The largest absolute Gasteiger partial charge is 0.480 e. The molecule has 1 heterocycles. The van der Waals surface area contributed by atoms with Crippen LogP contribution >= 0.6 is 0 Å². The number of hydrogen-bond donors (Lipinski definition) is 1. The maximum atomic E-state index is 12.9. The molecule has 0 amide bonds. The van der Waals surface area contributed by atoms with Gasteiger partial charge in [0.05, 0.1) is 5.56 Å². The van der Waals surface area contributed by atoms with E-state index in [1.54, 1.807) is 0 Å². The lowest BCUT2D eigenvalue weighted by Gasteiger charge is -2.20. The topological polar surface area (TPSA) is 59.3 Å². The van der Waals surface area contributed by atoms with Gasteiger partial charge in [-0.05, 0) is 30.7 Å². The number of nitrogens with zero attached hydrogens (tertiary/aromatic N) is 1. The van der Waals surface area contributed by atoms with Crippen molar-refractivity contribution in [2.45, 2.75) is 52.3 Å². The van der Waals surface area contributed by atoms with E-state index in [1.807, 2.05) is 13.8 Å². The second kappa shape index (κ2) is 6.98. The first-order valence-electron chi connectivity index (χ1n) is 7.13. The van der Waals surface area contributed by atoms with Gasteiger partial charge in [-0.1, -0.05) is 20.8 Å². The first-order chi connectivity index (χ1) is 10.1. The van der Waals surface area contributed by atoms with Gasteiger partial charge in [-0.3, -0.25) is 4.79 Å². The summed E-state index contributed by atoms with van der Waals surface area (Å²) in [6.07, 6.45) is -2.77. The maximum absolute atomic E-state index is 12.9. The van der Waals surface area contributed by atoms with E-state index < -0.39 is 29.3 Å². The average molecular weight is 319 g/mol. The van der Waals surface area contributed by atoms with E-state index in [0.717, 1.165) is 10.8 Å². The van der Waals surface area contributed by atoms with E-state index >= 15 is 0 Å². The Bertz CT molecular complexity index is 591. The number of carboxylic acid groups (broad SMARTS) is 1. The smallest absolute Gasteiger partial charge is 0.416 e. The Morgan fingerprint density at radius 3 is 2.32 bits per heavy atom. The maximum Gasteiger partial charge on any atom is 0.416 e. The number of pyridine rings is 1. The van der Waals surface area contributed by atoms with Crippen LogP contribution in [0.1, 0.15) is 50.8 Å². The highest BCUT2D eigenvalue weighted by molar-refractivity contribution is 5.71. The molecule has 0 aromatic carbocycles. The molecule has 1 unspecified atom stereocenters. The van der Waals surface area contributed by atoms with Crippen LogP contribution in [0, 0.1) is 5.92 Å².